The Hall–Kier alpha value is -6.26. The molecule has 0 N–H and O–H groups in total. The highest BCUT2D eigenvalue weighted by atomic mass is 16.5. The van der Waals surface area contributed by atoms with Crippen LogP contribution in [0.2, 0.25) is 0 Å². The Labute approximate surface area is 379 Å². The van der Waals surface area contributed by atoms with Crippen molar-refractivity contribution in [3.63, 3.8) is 0 Å². The van der Waals surface area contributed by atoms with Gasteiger partial charge in [0.25, 0.3) is 0 Å². The molecule has 3 aliphatic rings. The Bertz CT molecular complexity index is 3270. The summed E-state index contributed by atoms with van der Waals surface area (Å²) < 4.78 is 15.5. The van der Waals surface area contributed by atoms with Crippen LogP contribution in [-0.2, 0) is 22.1 Å². The maximum absolute atomic E-state index is 7.89. The summed E-state index contributed by atoms with van der Waals surface area (Å²) in [4.78, 5) is 0. The fourth-order valence-corrected chi connectivity index (χ4v) is 10.7. The molecule has 4 nitrogen and oxygen atoms in total. The van der Waals surface area contributed by atoms with Crippen LogP contribution < -0.4 is 13.9 Å². The van der Waals surface area contributed by atoms with Crippen LogP contribution in [0.3, 0.4) is 0 Å². The van der Waals surface area contributed by atoms with Crippen LogP contribution in [0.25, 0.3) is 72.7 Å². The molecule has 320 valence electrons. The molecule has 2 aromatic heterocycles. The lowest BCUT2D eigenvalue weighted by atomic mass is 9.65. The lowest BCUT2D eigenvalue weighted by molar-refractivity contribution is -0.997. The van der Waals surface area contributed by atoms with E-state index in [2.05, 4.69) is 237 Å². The van der Waals surface area contributed by atoms with E-state index in [1.165, 1.54) is 72.3 Å². The summed E-state index contributed by atoms with van der Waals surface area (Å²) >= 11 is 0. The Morgan fingerprint density at radius 3 is 1.89 bits per heavy atom. The predicted molar refractivity (Wildman–Crippen MR) is 263 cm³/mol. The van der Waals surface area contributed by atoms with Crippen LogP contribution in [-0.4, -0.2) is 4.57 Å². The van der Waals surface area contributed by atoms with Crippen LogP contribution in [0.15, 0.2) is 134 Å². The second-order valence-corrected chi connectivity index (χ2v) is 22.5. The molecular formula is C60H61N3O+2. The largest absolute Gasteiger partial charge is 0.499 e. The Morgan fingerprint density at radius 2 is 1.20 bits per heavy atom. The second-order valence-electron chi connectivity index (χ2n) is 22.5. The quantitative estimate of drug-likeness (QED) is 0.162. The van der Waals surface area contributed by atoms with Crippen LogP contribution in [0.1, 0.15) is 110 Å². The first-order valence-electron chi connectivity index (χ1n) is 23.2. The number of aromatic nitrogens is 3. The van der Waals surface area contributed by atoms with Gasteiger partial charge in [0.2, 0.25) is 5.69 Å². The SMILES string of the molecule is Cc1cc(C)c2c(c1)-c1n(-c3ccc(C(C)(C)C(C)(C)C)cc3-c3ccccc3)c3cccc4c3[n+]1C1(O2)c2c-4cc(C(C)(C)C)cc2-c2cc(-c3ccc(C(C)(C)C)cc3)cc[n+]21. The first-order valence-corrected chi connectivity index (χ1v) is 23.2. The molecule has 1 atom stereocenters. The first kappa shape index (κ1) is 40.5. The first-order chi connectivity index (χ1) is 30.2. The predicted octanol–water partition coefficient (Wildman–Crippen LogP) is 14.3. The number of pyridine rings is 1. The van der Waals surface area contributed by atoms with Crippen molar-refractivity contribution < 1.29 is 13.9 Å². The van der Waals surface area contributed by atoms with Crippen LogP contribution >= 0.6 is 0 Å². The minimum Gasteiger partial charge on any atom is -0.392 e. The molecule has 11 rings (SSSR count). The highest BCUT2D eigenvalue weighted by Crippen LogP contribution is 2.55. The molecule has 1 spiro atoms. The third-order valence-electron chi connectivity index (χ3n) is 15.3. The number of aryl methyl sites for hydroxylation is 2. The number of imidazole rings is 1. The summed E-state index contributed by atoms with van der Waals surface area (Å²) in [5.41, 5.74) is 21.7. The topological polar surface area (TPSA) is 21.9 Å². The van der Waals surface area contributed by atoms with Crippen molar-refractivity contribution in [2.75, 3.05) is 0 Å². The molecule has 4 heteroatoms. The normalized spacial score (nSPS) is 16.1. The minimum absolute atomic E-state index is 0.0429. The molecule has 0 radical (unpaired) electrons. The van der Waals surface area contributed by atoms with E-state index in [-0.39, 0.29) is 21.7 Å². The second kappa shape index (κ2) is 13.2. The third-order valence-corrected chi connectivity index (χ3v) is 15.3. The van der Waals surface area contributed by atoms with Crippen molar-refractivity contribution in [3.05, 3.63) is 167 Å². The molecule has 64 heavy (non-hydrogen) atoms. The van der Waals surface area contributed by atoms with E-state index in [9.17, 15) is 0 Å². The van der Waals surface area contributed by atoms with Crippen molar-refractivity contribution >= 4 is 11.0 Å². The lowest BCUT2D eigenvalue weighted by Gasteiger charge is -2.39. The molecule has 8 aromatic rings. The Morgan fingerprint density at radius 1 is 0.531 bits per heavy atom. The zero-order valence-corrected chi connectivity index (χ0v) is 40.0. The fraction of sp³-hybridized carbons (Fsp3) is 0.300. The van der Waals surface area contributed by atoms with Crippen molar-refractivity contribution in [2.24, 2.45) is 5.41 Å². The van der Waals surface area contributed by atoms with E-state index in [0.717, 1.165) is 39.6 Å². The molecule has 6 aromatic carbocycles. The number of nitrogens with zero attached hydrogens (tertiary/aromatic N) is 3. The van der Waals surface area contributed by atoms with Gasteiger partial charge >= 0.3 is 11.7 Å². The van der Waals surface area contributed by atoms with E-state index in [1.807, 2.05) is 0 Å². The number of hydrogen-bond donors (Lipinski definition) is 0. The Kier molecular flexibility index (Phi) is 8.33. The minimum atomic E-state index is -1.04. The average Bonchev–Trinajstić information content (AvgIpc) is 3.74. The van der Waals surface area contributed by atoms with E-state index in [4.69, 9.17) is 4.74 Å². The van der Waals surface area contributed by atoms with Gasteiger partial charge in [-0.25, -0.2) is 0 Å². The van der Waals surface area contributed by atoms with Gasteiger partial charge in [-0.3, -0.25) is 0 Å². The van der Waals surface area contributed by atoms with E-state index in [1.54, 1.807) is 0 Å². The van der Waals surface area contributed by atoms with Gasteiger partial charge in [0, 0.05) is 28.8 Å². The maximum Gasteiger partial charge on any atom is 0.499 e. The zero-order valence-electron chi connectivity index (χ0n) is 40.0. The van der Waals surface area contributed by atoms with Gasteiger partial charge in [0.05, 0.1) is 5.56 Å². The van der Waals surface area contributed by atoms with Crippen molar-refractivity contribution in [3.8, 4) is 67.5 Å². The molecule has 0 amide bonds. The number of para-hydroxylation sites is 1. The van der Waals surface area contributed by atoms with Gasteiger partial charge < -0.3 is 4.74 Å². The van der Waals surface area contributed by atoms with Crippen LogP contribution in [0.5, 0.6) is 5.75 Å². The van der Waals surface area contributed by atoms with E-state index >= 15 is 0 Å². The standard InChI is InChI=1S/C60H61N3O/c1-36-30-37(2)54-48(31-36)55-62(49-27-26-42(59(12,13)58(9,10)11)33-45(49)39-18-15-14-16-19-39)50-21-17-20-44-46-34-43(57(6,7)8)35-47-51-32-40(38-22-24-41(25-23-38)56(3,4)5)28-29-61(51)60(64-54,52(46)47)63(55)53(44)50/h14-35H,1-13H3/q+2. The summed E-state index contributed by atoms with van der Waals surface area (Å²) in [5, 5.41) is 0. The summed E-state index contributed by atoms with van der Waals surface area (Å²) in [6, 6.07) is 48.6. The highest BCUT2D eigenvalue weighted by Gasteiger charge is 2.69. The zero-order chi connectivity index (χ0) is 45.0. The summed E-state index contributed by atoms with van der Waals surface area (Å²) in [6.07, 6.45) is 2.30. The number of benzene rings is 6. The highest BCUT2D eigenvalue weighted by molar-refractivity contribution is 5.98. The number of rotatable bonds is 4. The molecule has 0 fully saturated rings. The molecule has 3 aliphatic heterocycles. The smallest absolute Gasteiger partial charge is 0.392 e. The summed E-state index contributed by atoms with van der Waals surface area (Å²) in [5.74, 6) is 1.00. The summed E-state index contributed by atoms with van der Waals surface area (Å²) in [6.45, 7) is 30.1. The van der Waals surface area contributed by atoms with Crippen molar-refractivity contribution in [2.45, 2.75) is 112 Å². The van der Waals surface area contributed by atoms with Gasteiger partial charge in [0.1, 0.15) is 16.8 Å². The van der Waals surface area contributed by atoms with Gasteiger partial charge in [-0.1, -0.05) is 149 Å². The van der Waals surface area contributed by atoms with Gasteiger partial charge in [-0.2, -0.15) is 4.57 Å². The Balaban J connectivity index is 1.29. The van der Waals surface area contributed by atoms with Crippen molar-refractivity contribution in [1.82, 2.24) is 4.57 Å². The lowest BCUT2D eigenvalue weighted by Crippen LogP contribution is -2.78. The number of ether oxygens (including phenoxy) is 1. The molecule has 5 heterocycles. The van der Waals surface area contributed by atoms with Gasteiger partial charge in [0.15, 0.2) is 23.0 Å². The summed E-state index contributed by atoms with van der Waals surface area (Å²) in [7, 11) is 0. The molecule has 1 unspecified atom stereocenters. The average molecular weight is 840 g/mol. The molecule has 0 saturated heterocycles. The molecule has 0 aliphatic carbocycles. The van der Waals surface area contributed by atoms with E-state index in [0.29, 0.717) is 0 Å². The van der Waals surface area contributed by atoms with Crippen molar-refractivity contribution in [1.29, 1.82) is 0 Å². The fourth-order valence-electron chi connectivity index (χ4n) is 10.7. The van der Waals surface area contributed by atoms with Crippen LogP contribution in [0, 0.1) is 19.3 Å². The van der Waals surface area contributed by atoms with Gasteiger partial charge in [-0.05, 0) is 122 Å². The van der Waals surface area contributed by atoms with Crippen LogP contribution in [0.4, 0.5) is 0 Å². The molecule has 0 saturated carbocycles. The third kappa shape index (κ3) is 5.53. The number of hydrogen-bond acceptors (Lipinski definition) is 1. The molecular weight excluding hydrogens is 779 g/mol. The molecule has 0 bridgehead atoms. The maximum atomic E-state index is 7.89. The van der Waals surface area contributed by atoms with E-state index < -0.39 is 5.85 Å². The monoisotopic (exact) mass is 839 g/mol. The van der Waals surface area contributed by atoms with Gasteiger partial charge in [-0.15, -0.1) is 9.13 Å². The number of fused-ring (bicyclic) bond motifs is 5.